The van der Waals surface area contributed by atoms with Gasteiger partial charge < -0.3 is 24.1 Å². The van der Waals surface area contributed by atoms with Crippen molar-refractivity contribution in [3.8, 4) is 5.75 Å². The molecular weight excluding hydrogens is 522 g/mol. The molecule has 2 atom stereocenters. The van der Waals surface area contributed by atoms with E-state index in [9.17, 15) is 4.79 Å². The lowest BCUT2D eigenvalue weighted by Crippen LogP contribution is -2.54. The van der Waals surface area contributed by atoms with Crippen LogP contribution in [0.25, 0.3) is 6.08 Å². The highest BCUT2D eigenvalue weighted by atomic mass is 16.7. The number of nitrogens with zero attached hydrogens (tertiary/aromatic N) is 1. The van der Waals surface area contributed by atoms with Crippen LogP contribution in [0.2, 0.25) is 0 Å². The number of hydrogen-bond acceptors (Lipinski definition) is 8. The third kappa shape index (κ3) is 7.80. The molecule has 0 spiro atoms. The first-order chi connectivity index (χ1) is 20.1. The van der Waals surface area contributed by atoms with E-state index in [1.807, 2.05) is 97.1 Å². The number of amides is 1. The highest BCUT2D eigenvalue weighted by molar-refractivity contribution is 6.01. The van der Waals surface area contributed by atoms with Gasteiger partial charge in [0.05, 0.1) is 13.2 Å². The maximum atomic E-state index is 14.0. The molecule has 1 heterocycles. The summed E-state index contributed by atoms with van der Waals surface area (Å²) in [6.45, 7) is 0.721. The normalized spacial score (nSPS) is 18.3. The van der Waals surface area contributed by atoms with E-state index in [0.29, 0.717) is 30.2 Å². The van der Waals surface area contributed by atoms with Gasteiger partial charge in [-0.3, -0.25) is 10.2 Å². The van der Waals surface area contributed by atoms with Gasteiger partial charge in [0, 0.05) is 39.2 Å². The summed E-state index contributed by atoms with van der Waals surface area (Å²) in [6.07, 6.45) is 3.52. The Morgan fingerprint density at radius 2 is 1.71 bits per heavy atom. The molecule has 0 bridgehead atoms. The molecule has 0 aromatic heterocycles. The topological polar surface area (TPSA) is 111 Å². The molecule has 1 amide bonds. The zero-order chi connectivity index (χ0) is 28.9. The number of aliphatic imine (C=N–C) groups is 1. The average molecular weight is 560 g/mol. The average Bonchev–Trinajstić information content (AvgIpc) is 3.41. The van der Waals surface area contributed by atoms with E-state index in [2.05, 4.69) is 10.9 Å². The van der Waals surface area contributed by atoms with E-state index in [1.165, 1.54) is 14.2 Å². The fourth-order valence-electron chi connectivity index (χ4n) is 4.47. The molecule has 9 nitrogen and oxygen atoms in total. The van der Waals surface area contributed by atoms with Gasteiger partial charge in [0.15, 0.2) is 17.9 Å². The minimum Gasteiger partial charge on any atom is -0.494 e. The van der Waals surface area contributed by atoms with Gasteiger partial charge in [-0.1, -0.05) is 72.8 Å². The first kappa shape index (κ1) is 30.0. The zero-order valence-electron chi connectivity index (χ0n) is 23.4. The van der Waals surface area contributed by atoms with E-state index in [1.54, 1.807) is 0 Å². The Morgan fingerprint density at radius 3 is 2.37 bits per heavy atom. The van der Waals surface area contributed by atoms with Crippen molar-refractivity contribution in [2.75, 3.05) is 34.0 Å². The number of hydrogen-bond donors (Lipinski definition) is 3. The highest BCUT2D eigenvalue weighted by Gasteiger charge is 2.52. The number of hydrazine groups is 1. The Morgan fingerprint density at radius 1 is 1.02 bits per heavy atom. The lowest BCUT2D eigenvalue weighted by atomic mass is 9.84. The Kier molecular flexibility index (Phi) is 11.0. The molecule has 0 unspecified atom stereocenters. The van der Waals surface area contributed by atoms with Gasteiger partial charge in [0.25, 0.3) is 5.91 Å². The number of nitrogens with one attached hydrogen (secondary N) is 2. The number of ether oxygens (including phenoxy) is 4. The van der Waals surface area contributed by atoms with E-state index >= 15 is 0 Å². The molecule has 3 N–H and O–H groups in total. The van der Waals surface area contributed by atoms with Crippen molar-refractivity contribution in [1.82, 2.24) is 10.9 Å². The summed E-state index contributed by atoms with van der Waals surface area (Å²) in [5.41, 5.74) is 6.97. The number of benzene rings is 3. The van der Waals surface area contributed by atoms with Crippen molar-refractivity contribution in [3.05, 3.63) is 108 Å². The molecule has 3 aromatic carbocycles. The molecule has 0 saturated carbocycles. The molecule has 1 aliphatic rings. The molecule has 1 aliphatic heterocycles. The minimum atomic E-state index is -1.32. The van der Waals surface area contributed by atoms with Crippen LogP contribution in [0.15, 0.2) is 96.0 Å². The number of methoxy groups -OCH3 is 2. The molecule has 0 radical (unpaired) electrons. The van der Waals surface area contributed by atoms with Crippen LogP contribution in [0.5, 0.6) is 5.75 Å². The second-order valence-electron chi connectivity index (χ2n) is 9.45. The van der Waals surface area contributed by atoms with E-state index in [-0.39, 0.29) is 25.5 Å². The van der Waals surface area contributed by atoms with Crippen molar-refractivity contribution in [3.63, 3.8) is 0 Å². The molecule has 41 heavy (non-hydrogen) atoms. The molecular formula is C32H37N3O6. The molecule has 216 valence electrons. The molecule has 9 heteroatoms. The lowest BCUT2D eigenvalue weighted by Gasteiger charge is -2.30. The van der Waals surface area contributed by atoms with Crippen LogP contribution in [-0.2, 0) is 19.0 Å². The van der Waals surface area contributed by atoms with Gasteiger partial charge in [-0.15, -0.1) is 0 Å². The van der Waals surface area contributed by atoms with E-state index in [0.717, 1.165) is 11.1 Å². The fourth-order valence-corrected chi connectivity index (χ4v) is 4.47. The Labute approximate surface area is 240 Å². The first-order valence-electron chi connectivity index (χ1n) is 13.6. The van der Waals surface area contributed by atoms with Gasteiger partial charge in [0.2, 0.25) is 5.90 Å². The van der Waals surface area contributed by atoms with Gasteiger partial charge in [0.1, 0.15) is 5.75 Å². The van der Waals surface area contributed by atoms with Crippen LogP contribution in [-0.4, -0.2) is 62.7 Å². The quantitative estimate of drug-likeness (QED) is 0.146. The molecule has 0 fully saturated rings. The Bertz CT molecular complexity index is 1280. The monoisotopic (exact) mass is 559 g/mol. The van der Waals surface area contributed by atoms with Crippen molar-refractivity contribution >= 4 is 17.9 Å². The highest BCUT2D eigenvalue weighted by Crippen LogP contribution is 2.42. The summed E-state index contributed by atoms with van der Waals surface area (Å²) in [6, 6.07) is 26.9. The van der Waals surface area contributed by atoms with Crippen molar-refractivity contribution in [2.24, 2.45) is 4.99 Å². The summed E-state index contributed by atoms with van der Waals surface area (Å²) in [5.74, 6) is 0.676. The Balaban J connectivity index is 1.68. The summed E-state index contributed by atoms with van der Waals surface area (Å²) >= 11 is 0. The number of aliphatic hydroxyl groups excluding tert-OH is 1. The summed E-state index contributed by atoms with van der Waals surface area (Å²) < 4.78 is 22.6. The summed E-state index contributed by atoms with van der Waals surface area (Å²) in [5, 5.41) is 9.01. The van der Waals surface area contributed by atoms with Gasteiger partial charge in [-0.2, -0.15) is 0 Å². The van der Waals surface area contributed by atoms with E-state index in [4.69, 9.17) is 29.0 Å². The fraction of sp³-hybridized carbons (Fsp3) is 0.312. The lowest BCUT2D eigenvalue weighted by molar-refractivity contribution is -0.131. The maximum absolute atomic E-state index is 14.0. The van der Waals surface area contributed by atoms with Crippen LogP contribution in [0, 0.1) is 0 Å². The maximum Gasteiger partial charge on any atom is 0.266 e. The van der Waals surface area contributed by atoms with Crippen LogP contribution < -0.4 is 15.6 Å². The van der Waals surface area contributed by atoms with Crippen molar-refractivity contribution < 1.29 is 28.8 Å². The Hall–Kier alpha value is -4.02. The summed E-state index contributed by atoms with van der Waals surface area (Å²) in [7, 11) is 3.06. The van der Waals surface area contributed by atoms with Crippen molar-refractivity contribution in [2.45, 2.75) is 30.8 Å². The minimum absolute atomic E-state index is 0.0684. The summed E-state index contributed by atoms with van der Waals surface area (Å²) in [4.78, 5) is 19.0. The van der Waals surface area contributed by atoms with Crippen LogP contribution >= 0.6 is 0 Å². The molecule has 0 saturated heterocycles. The largest absolute Gasteiger partial charge is 0.494 e. The van der Waals surface area contributed by atoms with Gasteiger partial charge in [-0.25, -0.2) is 10.4 Å². The molecule has 4 rings (SSSR count). The second-order valence-corrected chi connectivity index (χ2v) is 9.45. The number of rotatable bonds is 15. The standard InChI is InChI=1S/C32H37N3O6/c1-38-28(39-2)23-33-35-31(37)32(20-9-13-24-11-5-3-6-12-24)29(25-14-7-4-8-15-25)41-30(34-32)26-16-18-27(19-17-26)40-22-10-21-36/h3-9,11-19,28-29,33,36H,10,20-23H2,1-2H3,(H,35,37)/b13-9+/t29-,32-/m0/s1. The second kappa shape index (κ2) is 15.1. The molecule has 0 aliphatic carbocycles. The van der Waals surface area contributed by atoms with Crippen LogP contribution in [0.3, 0.4) is 0 Å². The van der Waals surface area contributed by atoms with Crippen LogP contribution in [0.4, 0.5) is 0 Å². The number of carbonyl (C=O) groups excluding carboxylic acids is 1. The van der Waals surface area contributed by atoms with Crippen LogP contribution in [0.1, 0.15) is 35.6 Å². The third-order valence-electron chi connectivity index (χ3n) is 6.67. The third-order valence-corrected chi connectivity index (χ3v) is 6.67. The first-order valence-corrected chi connectivity index (χ1v) is 13.6. The number of carbonyl (C=O) groups is 1. The smallest absolute Gasteiger partial charge is 0.266 e. The number of aliphatic hydroxyl groups is 1. The van der Waals surface area contributed by atoms with Crippen molar-refractivity contribution in [1.29, 1.82) is 0 Å². The SMILES string of the molecule is COC(CNNC(=O)[C@@]1(C/C=C/c2ccccc2)N=C(c2ccc(OCCCO)cc2)O[C@H]1c1ccccc1)OC. The predicted octanol–water partition coefficient (Wildman–Crippen LogP) is 4.05. The molecule has 3 aromatic rings. The predicted molar refractivity (Wildman–Crippen MR) is 157 cm³/mol. The van der Waals surface area contributed by atoms with Gasteiger partial charge in [-0.05, 0) is 35.4 Å². The van der Waals surface area contributed by atoms with E-state index < -0.39 is 17.9 Å². The van der Waals surface area contributed by atoms with Gasteiger partial charge >= 0.3 is 0 Å². The zero-order valence-corrected chi connectivity index (χ0v) is 23.4.